The molecule has 0 aliphatic heterocycles. The Hall–Kier alpha value is -0.410. The molecule has 14 heavy (non-hydrogen) atoms. The number of nitrogens with two attached hydrogens (primary N) is 1. The van der Waals surface area contributed by atoms with Crippen molar-refractivity contribution >= 4 is 11.3 Å². The molecule has 0 bridgehead atoms. The molecule has 0 saturated heterocycles. The summed E-state index contributed by atoms with van der Waals surface area (Å²) in [6.07, 6.45) is 6.28. The Morgan fingerprint density at radius 1 is 1.50 bits per heavy atom. The summed E-state index contributed by atoms with van der Waals surface area (Å²) >= 11 is 1.83. The first-order valence-electron chi connectivity index (χ1n) is 5.53. The Morgan fingerprint density at radius 3 is 2.86 bits per heavy atom. The van der Waals surface area contributed by atoms with Gasteiger partial charge in [0.15, 0.2) is 0 Å². The minimum atomic E-state index is 0.676. The molecule has 2 nitrogen and oxygen atoms in total. The largest absolute Gasteiger partial charge is 0.326 e. The average Bonchev–Trinajstić information content (AvgIpc) is 2.96. The molecule has 0 radical (unpaired) electrons. The van der Waals surface area contributed by atoms with Crippen molar-refractivity contribution < 1.29 is 0 Å². The van der Waals surface area contributed by atoms with Crippen LogP contribution >= 0.6 is 11.3 Å². The number of aryl methyl sites for hydroxylation is 1. The van der Waals surface area contributed by atoms with E-state index in [9.17, 15) is 0 Å². The number of hydrogen-bond acceptors (Lipinski definition) is 3. The quantitative estimate of drug-likeness (QED) is 0.811. The number of unbranched alkanes of at least 4 members (excludes halogenated alkanes) is 1. The Morgan fingerprint density at radius 2 is 2.29 bits per heavy atom. The van der Waals surface area contributed by atoms with Gasteiger partial charge in [-0.2, -0.15) is 0 Å². The Balaban J connectivity index is 2.09. The summed E-state index contributed by atoms with van der Waals surface area (Å²) in [6.45, 7) is 2.90. The van der Waals surface area contributed by atoms with Crippen molar-refractivity contribution in [2.75, 3.05) is 0 Å². The Labute approximate surface area is 89.5 Å². The Kier molecular flexibility index (Phi) is 3.19. The summed E-state index contributed by atoms with van der Waals surface area (Å²) in [5.41, 5.74) is 7.05. The van der Waals surface area contributed by atoms with Crippen molar-refractivity contribution in [2.45, 2.75) is 51.5 Å². The molecule has 1 aromatic rings. The lowest BCUT2D eigenvalue weighted by Gasteiger charge is -1.93. The van der Waals surface area contributed by atoms with Crippen molar-refractivity contribution in [1.82, 2.24) is 4.98 Å². The van der Waals surface area contributed by atoms with E-state index in [0.29, 0.717) is 6.54 Å². The number of nitrogens with zero attached hydrogens (tertiary/aromatic N) is 1. The smallest absolute Gasteiger partial charge is 0.0931 e. The topological polar surface area (TPSA) is 38.9 Å². The maximum absolute atomic E-state index is 5.73. The van der Waals surface area contributed by atoms with Gasteiger partial charge in [0, 0.05) is 17.3 Å². The summed E-state index contributed by atoms with van der Waals surface area (Å²) in [5.74, 6) is 0.750. The zero-order valence-electron chi connectivity index (χ0n) is 8.75. The van der Waals surface area contributed by atoms with Gasteiger partial charge in [0.1, 0.15) is 0 Å². The van der Waals surface area contributed by atoms with Crippen LogP contribution in [0.1, 0.15) is 54.1 Å². The van der Waals surface area contributed by atoms with Crippen LogP contribution < -0.4 is 5.73 Å². The number of thiazole rings is 1. The van der Waals surface area contributed by atoms with Crippen molar-refractivity contribution in [3.05, 3.63) is 15.6 Å². The molecule has 1 fully saturated rings. The molecular weight excluding hydrogens is 192 g/mol. The number of hydrogen-bond donors (Lipinski definition) is 1. The molecule has 78 valence electrons. The first kappa shape index (κ1) is 10.1. The molecule has 3 heteroatoms. The maximum Gasteiger partial charge on any atom is 0.0931 e. The van der Waals surface area contributed by atoms with Crippen LogP contribution in [0.25, 0.3) is 0 Å². The molecule has 0 atom stereocenters. The van der Waals surface area contributed by atoms with Crippen LogP contribution in [-0.2, 0) is 13.0 Å². The van der Waals surface area contributed by atoms with Gasteiger partial charge in [-0.05, 0) is 25.7 Å². The molecule has 0 amide bonds. The molecule has 1 aliphatic rings. The van der Waals surface area contributed by atoms with E-state index in [1.807, 2.05) is 11.3 Å². The minimum absolute atomic E-state index is 0.676. The molecule has 1 aromatic heterocycles. The van der Waals surface area contributed by atoms with Gasteiger partial charge in [0.2, 0.25) is 0 Å². The van der Waals surface area contributed by atoms with E-state index >= 15 is 0 Å². The third-order valence-corrected chi connectivity index (χ3v) is 3.82. The monoisotopic (exact) mass is 210 g/mol. The van der Waals surface area contributed by atoms with Crippen LogP contribution in [-0.4, -0.2) is 4.98 Å². The number of aromatic nitrogens is 1. The van der Waals surface area contributed by atoms with Crippen molar-refractivity contribution in [3.8, 4) is 0 Å². The summed E-state index contributed by atoms with van der Waals surface area (Å²) in [4.78, 5) is 6.05. The molecule has 1 saturated carbocycles. The first-order chi connectivity index (χ1) is 6.85. The fraction of sp³-hybridized carbons (Fsp3) is 0.727. The summed E-state index contributed by atoms with van der Waals surface area (Å²) in [7, 11) is 0. The van der Waals surface area contributed by atoms with Gasteiger partial charge >= 0.3 is 0 Å². The van der Waals surface area contributed by atoms with Crippen LogP contribution in [0.3, 0.4) is 0 Å². The zero-order chi connectivity index (χ0) is 9.97. The standard InChI is InChI=1S/C11H18N2S/c1-2-3-4-10-13-11(8-5-6-8)9(7-12)14-10/h8H,2-7,12H2,1H3. The predicted molar refractivity (Wildman–Crippen MR) is 60.6 cm³/mol. The van der Waals surface area contributed by atoms with Gasteiger partial charge < -0.3 is 5.73 Å². The van der Waals surface area contributed by atoms with Crippen LogP contribution in [0.15, 0.2) is 0 Å². The SMILES string of the molecule is CCCCc1nc(C2CC2)c(CN)s1. The van der Waals surface area contributed by atoms with Crippen molar-refractivity contribution in [1.29, 1.82) is 0 Å². The highest BCUT2D eigenvalue weighted by molar-refractivity contribution is 7.11. The van der Waals surface area contributed by atoms with Gasteiger partial charge in [-0.1, -0.05) is 13.3 Å². The van der Waals surface area contributed by atoms with Gasteiger partial charge in [-0.25, -0.2) is 4.98 Å². The van der Waals surface area contributed by atoms with Gasteiger partial charge in [-0.3, -0.25) is 0 Å². The second kappa shape index (κ2) is 4.41. The van der Waals surface area contributed by atoms with Gasteiger partial charge in [0.25, 0.3) is 0 Å². The molecule has 1 aliphatic carbocycles. The number of rotatable bonds is 5. The fourth-order valence-electron chi connectivity index (χ4n) is 1.67. The third-order valence-electron chi connectivity index (χ3n) is 2.67. The second-order valence-corrected chi connectivity index (χ2v) is 5.17. The van der Waals surface area contributed by atoms with Gasteiger partial charge in [0.05, 0.1) is 10.7 Å². The van der Waals surface area contributed by atoms with Crippen LogP contribution in [0.2, 0.25) is 0 Å². The van der Waals surface area contributed by atoms with Gasteiger partial charge in [-0.15, -0.1) is 11.3 Å². The van der Waals surface area contributed by atoms with E-state index < -0.39 is 0 Å². The van der Waals surface area contributed by atoms with Crippen molar-refractivity contribution in [3.63, 3.8) is 0 Å². The molecule has 1 heterocycles. The van der Waals surface area contributed by atoms with E-state index in [1.165, 1.54) is 41.3 Å². The predicted octanol–water partition coefficient (Wildman–Crippen LogP) is 2.82. The third kappa shape index (κ3) is 2.15. The molecule has 0 aromatic carbocycles. The second-order valence-electron chi connectivity index (χ2n) is 4.00. The fourth-order valence-corrected chi connectivity index (χ4v) is 2.75. The minimum Gasteiger partial charge on any atom is -0.326 e. The van der Waals surface area contributed by atoms with E-state index in [4.69, 9.17) is 10.7 Å². The summed E-state index contributed by atoms with van der Waals surface area (Å²) < 4.78 is 0. The first-order valence-corrected chi connectivity index (χ1v) is 6.35. The van der Waals surface area contributed by atoms with Crippen LogP contribution in [0, 0.1) is 0 Å². The zero-order valence-corrected chi connectivity index (χ0v) is 9.57. The highest BCUT2D eigenvalue weighted by atomic mass is 32.1. The molecule has 0 spiro atoms. The molecular formula is C11H18N2S. The lowest BCUT2D eigenvalue weighted by atomic mass is 10.2. The normalized spacial score (nSPS) is 16.1. The molecule has 2 N–H and O–H groups in total. The average molecular weight is 210 g/mol. The summed E-state index contributed by atoms with van der Waals surface area (Å²) in [6, 6.07) is 0. The van der Waals surface area contributed by atoms with E-state index in [1.54, 1.807) is 0 Å². The highest BCUT2D eigenvalue weighted by Gasteiger charge is 2.28. The van der Waals surface area contributed by atoms with Crippen LogP contribution in [0.5, 0.6) is 0 Å². The van der Waals surface area contributed by atoms with Crippen LogP contribution in [0.4, 0.5) is 0 Å². The Bertz CT molecular complexity index is 302. The maximum atomic E-state index is 5.73. The molecule has 0 unspecified atom stereocenters. The van der Waals surface area contributed by atoms with E-state index in [0.717, 1.165) is 12.3 Å². The summed E-state index contributed by atoms with van der Waals surface area (Å²) in [5, 5.41) is 1.30. The highest BCUT2D eigenvalue weighted by Crippen LogP contribution is 2.42. The van der Waals surface area contributed by atoms with Crippen molar-refractivity contribution in [2.24, 2.45) is 5.73 Å². The lowest BCUT2D eigenvalue weighted by molar-refractivity contribution is 0.785. The lowest BCUT2D eigenvalue weighted by Crippen LogP contribution is -1.96. The molecule has 2 rings (SSSR count). The van der Waals surface area contributed by atoms with E-state index in [-0.39, 0.29) is 0 Å². The van der Waals surface area contributed by atoms with E-state index in [2.05, 4.69) is 6.92 Å².